The predicted molar refractivity (Wildman–Crippen MR) is 289 cm³/mol. The maximum Gasteiger partial charge on any atom is 0.139 e. The quantitative estimate of drug-likeness (QED) is 0.166. The van der Waals surface area contributed by atoms with E-state index < -0.39 is 0 Å². The highest BCUT2D eigenvalue weighted by Crippen LogP contribution is 2.45. The summed E-state index contributed by atoms with van der Waals surface area (Å²) in [5, 5.41) is 13.1. The lowest BCUT2D eigenvalue weighted by molar-refractivity contribution is 0.656. The summed E-state index contributed by atoms with van der Waals surface area (Å²) < 4.78 is 26.1. The highest BCUT2D eigenvalue weighted by atomic mass is 16.3. The highest BCUT2D eigenvalue weighted by molar-refractivity contribution is 6.19. The fourth-order valence-electron chi connectivity index (χ4n) is 11.0. The third-order valence-corrected chi connectivity index (χ3v) is 14.4. The predicted octanol–water partition coefficient (Wildman–Crippen LogP) is 19.1. The number of nitrogens with zero attached hydrogens (tertiary/aromatic N) is 2. The Bertz CT molecular complexity index is 4370. The Morgan fingerprint density at radius 2 is 0.600 bits per heavy atom. The van der Waals surface area contributed by atoms with Crippen LogP contribution in [-0.2, 0) is 0 Å². The SMILES string of the molecule is Cc1ccccc1N(c1ccc2cc3c(cc2c1)oc1cc2oc4cc5cc(N(c6ccc7c(c6)oc6ccccc67)c6ccccc6C)ccc5cc4c2cc13)c1ccc2c(c1)oc1ccccc12. The molecule has 0 bridgehead atoms. The van der Waals surface area contributed by atoms with Gasteiger partial charge >= 0.3 is 0 Å². The van der Waals surface area contributed by atoms with Crippen molar-refractivity contribution in [3.8, 4) is 0 Å². The van der Waals surface area contributed by atoms with Crippen LogP contribution in [0, 0.1) is 13.8 Å². The van der Waals surface area contributed by atoms with Gasteiger partial charge < -0.3 is 27.5 Å². The van der Waals surface area contributed by atoms with E-state index in [-0.39, 0.29) is 0 Å². The zero-order valence-corrected chi connectivity index (χ0v) is 38.2. The lowest BCUT2D eigenvalue weighted by Crippen LogP contribution is -2.11. The normalized spacial score (nSPS) is 12.1. The van der Waals surface area contributed by atoms with Gasteiger partial charge in [0, 0.05) is 95.4 Å². The van der Waals surface area contributed by atoms with Crippen LogP contribution >= 0.6 is 0 Å². The van der Waals surface area contributed by atoms with Gasteiger partial charge in [-0.3, -0.25) is 0 Å². The molecule has 0 unspecified atom stereocenters. The number of fused-ring (bicyclic) bond motifs is 14. The molecule has 15 aromatic rings. The number of benzene rings is 11. The molecule has 4 aromatic heterocycles. The highest BCUT2D eigenvalue weighted by Gasteiger charge is 2.21. The average Bonchev–Trinajstić information content (AvgIpc) is 4.14. The van der Waals surface area contributed by atoms with Crippen LogP contribution in [0.5, 0.6) is 0 Å². The summed E-state index contributed by atoms with van der Waals surface area (Å²) in [5.41, 5.74) is 15.4. The summed E-state index contributed by atoms with van der Waals surface area (Å²) in [5.74, 6) is 0. The molecule has 0 fully saturated rings. The maximum absolute atomic E-state index is 6.69. The van der Waals surface area contributed by atoms with E-state index in [1.54, 1.807) is 0 Å². The van der Waals surface area contributed by atoms with Gasteiger partial charge in [0.15, 0.2) is 0 Å². The van der Waals surface area contributed by atoms with Crippen molar-refractivity contribution in [1.82, 2.24) is 0 Å². The molecule has 0 N–H and O–H groups in total. The van der Waals surface area contributed by atoms with Crippen molar-refractivity contribution in [3.63, 3.8) is 0 Å². The van der Waals surface area contributed by atoms with Crippen LogP contribution in [0.1, 0.15) is 11.1 Å². The first-order chi connectivity index (χ1) is 34.5. The maximum atomic E-state index is 6.69. The number of furan rings is 4. The first-order valence-corrected chi connectivity index (χ1v) is 23.7. The van der Waals surface area contributed by atoms with E-state index in [0.717, 1.165) is 143 Å². The zero-order valence-electron chi connectivity index (χ0n) is 38.2. The van der Waals surface area contributed by atoms with Crippen molar-refractivity contribution in [2.75, 3.05) is 9.80 Å². The molecule has 0 saturated heterocycles. The molecule has 0 radical (unpaired) electrons. The molecule has 15 rings (SSSR count). The third-order valence-electron chi connectivity index (χ3n) is 14.4. The summed E-state index contributed by atoms with van der Waals surface area (Å²) in [4.78, 5) is 4.63. The summed E-state index contributed by atoms with van der Waals surface area (Å²) >= 11 is 0. The molecule has 6 nitrogen and oxygen atoms in total. The Morgan fingerprint density at radius 1 is 0.243 bits per heavy atom. The van der Waals surface area contributed by atoms with Crippen LogP contribution < -0.4 is 9.80 Å². The van der Waals surface area contributed by atoms with Crippen molar-refractivity contribution in [2.45, 2.75) is 13.8 Å². The second kappa shape index (κ2) is 14.6. The molecule has 4 heterocycles. The number of para-hydroxylation sites is 4. The molecule has 0 saturated carbocycles. The fourth-order valence-corrected chi connectivity index (χ4v) is 11.0. The second-order valence-corrected chi connectivity index (χ2v) is 18.6. The first kappa shape index (κ1) is 38.8. The van der Waals surface area contributed by atoms with E-state index in [4.69, 9.17) is 17.7 Å². The number of anilines is 6. The number of hydrogen-bond donors (Lipinski definition) is 0. The van der Waals surface area contributed by atoms with Crippen molar-refractivity contribution in [3.05, 3.63) is 217 Å². The fraction of sp³-hybridized carbons (Fsp3) is 0.0312. The van der Waals surface area contributed by atoms with Gasteiger partial charge in [0.1, 0.15) is 44.7 Å². The molecule has 0 aliphatic rings. The van der Waals surface area contributed by atoms with Crippen molar-refractivity contribution < 1.29 is 17.7 Å². The van der Waals surface area contributed by atoms with E-state index in [9.17, 15) is 0 Å². The molecule has 6 heteroatoms. The van der Waals surface area contributed by atoms with Gasteiger partial charge in [-0.1, -0.05) is 84.9 Å². The molecule has 70 heavy (non-hydrogen) atoms. The zero-order chi connectivity index (χ0) is 46.2. The van der Waals surface area contributed by atoms with Crippen LogP contribution in [0.25, 0.3) is 109 Å². The van der Waals surface area contributed by atoms with E-state index in [1.165, 1.54) is 11.1 Å². The van der Waals surface area contributed by atoms with Crippen LogP contribution in [0.15, 0.2) is 224 Å². The van der Waals surface area contributed by atoms with Gasteiger partial charge in [0.05, 0.1) is 0 Å². The van der Waals surface area contributed by atoms with Crippen molar-refractivity contribution in [2.24, 2.45) is 0 Å². The lowest BCUT2D eigenvalue weighted by atomic mass is 10.0. The van der Waals surface area contributed by atoms with Gasteiger partial charge in [0.25, 0.3) is 0 Å². The minimum absolute atomic E-state index is 0.792. The van der Waals surface area contributed by atoms with Gasteiger partial charge in [-0.2, -0.15) is 0 Å². The van der Waals surface area contributed by atoms with Gasteiger partial charge in [0.2, 0.25) is 0 Å². The Balaban J connectivity index is 0.821. The van der Waals surface area contributed by atoms with Crippen LogP contribution in [0.4, 0.5) is 34.1 Å². The standard InChI is InChI=1S/C64H40N2O4/c1-37-11-3-7-15-55(37)65(45-23-25-49-47-13-5-9-17-57(47)67-61(49)33-45)43-21-19-39-29-51-53-35-54-52-30-40-20-22-44(28-42(40)32-60(52)70-64(54)36-63(53)69-59(51)31-41(39)27-43)66(56-16-8-4-12-38(56)2)46-24-26-50-48-14-6-10-18-58(48)68-62(50)34-46/h3-36H,1-2H3. The topological polar surface area (TPSA) is 59.0 Å². The van der Waals surface area contributed by atoms with E-state index >= 15 is 0 Å². The second-order valence-electron chi connectivity index (χ2n) is 18.6. The molecule has 330 valence electrons. The van der Waals surface area contributed by atoms with Crippen LogP contribution in [-0.4, -0.2) is 0 Å². The smallest absolute Gasteiger partial charge is 0.139 e. The molecule has 0 aliphatic heterocycles. The van der Waals surface area contributed by atoms with Gasteiger partial charge in [-0.05, 0) is 150 Å². The van der Waals surface area contributed by atoms with Crippen LogP contribution in [0.2, 0.25) is 0 Å². The summed E-state index contributed by atoms with van der Waals surface area (Å²) in [7, 11) is 0. The Labute approximate surface area is 400 Å². The van der Waals surface area contributed by atoms with Gasteiger partial charge in [-0.25, -0.2) is 0 Å². The summed E-state index contributed by atoms with van der Waals surface area (Å²) in [6.07, 6.45) is 0. The van der Waals surface area contributed by atoms with Crippen molar-refractivity contribution >= 4 is 143 Å². The van der Waals surface area contributed by atoms with E-state index in [1.807, 2.05) is 24.3 Å². The Morgan fingerprint density at radius 3 is 1.09 bits per heavy atom. The monoisotopic (exact) mass is 900 g/mol. The Hall–Kier alpha value is -9.26. The molecule has 0 amide bonds. The number of aryl methyl sites for hydroxylation is 2. The lowest BCUT2D eigenvalue weighted by Gasteiger charge is -2.27. The molecule has 11 aromatic carbocycles. The number of rotatable bonds is 6. The van der Waals surface area contributed by atoms with E-state index in [2.05, 4.69) is 206 Å². The largest absolute Gasteiger partial charge is 0.456 e. The Kier molecular flexibility index (Phi) is 8.10. The molecule has 0 spiro atoms. The van der Waals surface area contributed by atoms with Crippen molar-refractivity contribution in [1.29, 1.82) is 0 Å². The number of hydrogen-bond acceptors (Lipinski definition) is 6. The minimum Gasteiger partial charge on any atom is -0.456 e. The first-order valence-electron chi connectivity index (χ1n) is 23.7. The molecule has 0 atom stereocenters. The molecular formula is C64H40N2O4. The minimum atomic E-state index is 0.792. The average molecular weight is 901 g/mol. The molecular weight excluding hydrogens is 861 g/mol. The summed E-state index contributed by atoms with van der Waals surface area (Å²) in [6.45, 7) is 4.32. The van der Waals surface area contributed by atoms with Gasteiger partial charge in [-0.15, -0.1) is 0 Å². The summed E-state index contributed by atoms with van der Waals surface area (Å²) in [6, 6.07) is 73.0. The van der Waals surface area contributed by atoms with Crippen LogP contribution in [0.3, 0.4) is 0 Å². The van der Waals surface area contributed by atoms with E-state index in [0.29, 0.717) is 0 Å². The third kappa shape index (κ3) is 5.86. The molecule has 0 aliphatic carbocycles.